The summed E-state index contributed by atoms with van der Waals surface area (Å²) in [7, 11) is 1.63. The topological polar surface area (TPSA) is 56.0 Å². The van der Waals surface area contributed by atoms with E-state index >= 15 is 0 Å². The summed E-state index contributed by atoms with van der Waals surface area (Å²) in [4.78, 5) is 25.1. The molecule has 1 amide bonds. The second-order valence-electron chi connectivity index (χ2n) is 6.35. The van der Waals surface area contributed by atoms with Gasteiger partial charge in [0.25, 0.3) is 5.56 Å². The normalized spacial score (nSPS) is 12.1. The van der Waals surface area contributed by atoms with Crippen molar-refractivity contribution >= 4 is 17.2 Å². The smallest absolute Gasteiger partial charge is 0.316 e. The number of hydrogen-bond acceptors (Lipinski definition) is 2. The van der Waals surface area contributed by atoms with Gasteiger partial charge in [0.05, 0.1) is 17.0 Å². The van der Waals surface area contributed by atoms with Gasteiger partial charge in [0.1, 0.15) is 5.69 Å². The summed E-state index contributed by atoms with van der Waals surface area (Å²) < 4.78 is 43.2. The molecule has 8 heteroatoms. The van der Waals surface area contributed by atoms with Gasteiger partial charge in [-0.15, -0.1) is 0 Å². The lowest BCUT2D eigenvalue weighted by molar-refractivity contribution is -0.112. The quantitative estimate of drug-likeness (QED) is 0.670. The number of benzene rings is 2. The van der Waals surface area contributed by atoms with Gasteiger partial charge in [-0.1, -0.05) is 48.5 Å². The van der Waals surface area contributed by atoms with Crippen LogP contribution in [0.3, 0.4) is 0 Å². The Labute approximate surface area is 164 Å². The van der Waals surface area contributed by atoms with Gasteiger partial charge >= 0.3 is 6.18 Å². The Morgan fingerprint density at radius 3 is 2.10 bits per heavy atom. The van der Waals surface area contributed by atoms with Gasteiger partial charge in [-0.3, -0.25) is 14.3 Å². The molecule has 0 saturated heterocycles. The second-order valence-corrected chi connectivity index (χ2v) is 6.35. The third-order valence-corrected chi connectivity index (χ3v) is 4.47. The standard InChI is InChI=1S/C21H18F3N3O2/c1-14-19(20(29)27(26(14)2)16-11-7-4-8-12-16)25-18(28)13-17(21(22,23)24)15-9-5-3-6-10-15/h3-13H,1-2H3,(H,25,28)/b17-13-. The van der Waals surface area contributed by atoms with Crippen LogP contribution < -0.4 is 10.9 Å². The van der Waals surface area contributed by atoms with Crippen molar-refractivity contribution in [2.24, 2.45) is 7.05 Å². The van der Waals surface area contributed by atoms with Crippen LogP contribution in [0.15, 0.2) is 71.5 Å². The van der Waals surface area contributed by atoms with Crippen LogP contribution >= 0.6 is 0 Å². The molecule has 29 heavy (non-hydrogen) atoms. The van der Waals surface area contributed by atoms with Crippen molar-refractivity contribution in [1.29, 1.82) is 0 Å². The number of amides is 1. The largest absolute Gasteiger partial charge is 0.417 e. The molecular formula is C21H18F3N3O2. The molecular weight excluding hydrogens is 383 g/mol. The lowest BCUT2D eigenvalue weighted by Crippen LogP contribution is -2.23. The minimum Gasteiger partial charge on any atom is -0.316 e. The molecule has 2 aromatic carbocycles. The average Bonchev–Trinajstić information content (AvgIpc) is 2.90. The molecule has 0 bridgehead atoms. The molecule has 0 unspecified atom stereocenters. The van der Waals surface area contributed by atoms with Gasteiger partial charge in [-0.2, -0.15) is 13.2 Å². The minimum absolute atomic E-state index is 0.0767. The Morgan fingerprint density at radius 2 is 1.55 bits per heavy atom. The number of aromatic nitrogens is 2. The van der Waals surface area contributed by atoms with E-state index in [1.807, 2.05) is 0 Å². The van der Waals surface area contributed by atoms with Crippen LogP contribution in [0.1, 0.15) is 11.3 Å². The van der Waals surface area contributed by atoms with Crippen molar-refractivity contribution in [3.63, 3.8) is 0 Å². The lowest BCUT2D eigenvalue weighted by Gasteiger charge is -2.12. The van der Waals surface area contributed by atoms with E-state index in [-0.39, 0.29) is 11.3 Å². The van der Waals surface area contributed by atoms with Gasteiger partial charge in [-0.05, 0) is 24.6 Å². The molecule has 1 N–H and O–H groups in total. The molecule has 0 atom stereocenters. The number of halogens is 3. The molecule has 0 aliphatic heterocycles. The highest BCUT2D eigenvalue weighted by atomic mass is 19.4. The maximum absolute atomic E-state index is 13.4. The highest BCUT2D eigenvalue weighted by molar-refractivity contribution is 6.04. The fraction of sp³-hybridized carbons (Fsp3) is 0.143. The zero-order valence-corrected chi connectivity index (χ0v) is 15.7. The Kier molecular flexibility index (Phi) is 5.45. The minimum atomic E-state index is -4.73. The molecule has 1 aromatic heterocycles. The van der Waals surface area contributed by atoms with Crippen molar-refractivity contribution < 1.29 is 18.0 Å². The summed E-state index contributed by atoms with van der Waals surface area (Å²) >= 11 is 0. The number of rotatable bonds is 4. The zero-order chi connectivity index (χ0) is 21.2. The van der Waals surface area contributed by atoms with Crippen LogP contribution in [0.5, 0.6) is 0 Å². The van der Waals surface area contributed by atoms with E-state index in [4.69, 9.17) is 0 Å². The van der Waals surface area contributed by atoms with Crippen LogP contribution in [-0.2, 0) is 11.8 Å². The van der Waals surface area contributed by atoms with Gasteiger partial charge in [0, 0.05) is 13.1 Å². The number of para-hydroxylation sites is 1. The summed E-state index contributed by atoms with van der Waals surface area (Å²) in [6.07, 6.45) is -4.26. The van der Waals surface area contributed by atoms with E-state index < -0.39 is 23.2 Å². The number of nitrogens with zero attached hydrogens (tertiary/aromatic N) is 2. The Morgan fingerprint density at radius 1 is 1.00 bits per heavy atom. The molecule has 3 aromatic rings. The van der Waals surface area contributed by atoms with Crippen LogP contribution in [0, 0.1) is 6.92 Å². The molecule has 150 valence electrons. The Bertz CT molecular complexity index is 1110. The van der Waals surface area contributed by atoms with Crippen molar-refractivity contribution in [3.8, 4) is 5.69 Å². The van der Waals surface area contributed by atoms with Crippen LogP contribution in [0.4, 0.5) is 18.9 Å². The predicted octanol–water partition coefficient (Wildman–Crippen LogP) is 4.07. The molecule has 0 aliphatic rings. The van der Waals surface area contributed by atoms with Crippen molar-refractivity contribution in [2.45, 2.75) is 13.1 Å². The van der Waals surface area contributed by atoms with E-state index in [0.717, 1.165) is 0 Å². The molecule has 0 radical (unpaired) electrons. The molecule has 0 spiro atoms. The van der Waals surface area contributed by atoms with E-state index in [9.17, 15) is 22.8 Å². The van der Waals surface area contributed by atoms with E-state index in [1.54, 1.807) is 50.4 Å². The fourth-order valence-corrected chi connectivity index (χ4v) is 2.95. The first-order valence-corrected chi connectivity index (χ1v) is 8.69. The van der Waals surface area contributed by atoms with Gasteiger partial charge in [0.2, 0.25) is 5.91 Å². The first-order valence-electron chi connectivity index (χ1n) is 8.69. The number of carbonyl (C=O) groups excluding carboxylic acids is 1. The first kappa shape index (κ1) is 20.2. The van der Waals surface area contributed by atoms with Crippen LogP contribution in [0.25, 0.3) is 11.3 Å². The predicted molar refractivity (Wildman–Crippen MR) is 105 cm³/mol. The second kappa shape index (κ2) is 7.83. The highest BCUT2D eigenvalue weighted by Crippen LogP contribution is 2.33. The van der Waals surface area contributed by atoms with E-state index in [2.05, 4.69) is 5.32 Å². The highest BCUT2D eigenvalue weighted by Gasteiger charge is 2.35. The van der Waals surface area contributed by atoms with Crippen molar-refractivity contribution in [2.75, 3.05) is 5.32 Å². The number of carbonyl (C=O) groups is 1. The summed E-state index contributed by atoms with van der Waals surface area (Å²) in [6.45, 7) is 1.60. The molecule has 1 heterocycles. The van der Waals surface area contributed by atoms with E-state index in [0.29, 0.717) is 17.5 Å². The summed E-state index contributed by atoms with van der Waals surface area (Å²) in [5, 5.41) is 2.31. The van der Waals surface area contributed by atoms with Gasteiger partial charge in [-0.25, -0.2) is 4.68 Å². The Balaban J connectivity index is 1.99. The molecule has 0 fully saturated rings. The van der Waals surface area contributed by atoms with Gasteiger partial charge in [0.15, 0.2) is 0 Å². The molecule has 0 aliphatic carbocycles. The monoisotopic (exact) mass is 401 g/mol. The number of nitrogens with one attached hydrogen (secondary N) is 1. The number of alkyl halides is 3. The number of anilines is 1. The molecule has 0 saturated carbocycles. The average molecular weight is 401 g/mol. The lowest BCUT2D eigenvalue weighted by atomic mass is 10.1. The SMILES string of the molecule is Cc1c(NC(=O)/C=C(/c2ccccc2)C(F)(F)F)c(=O)n(-c2ccccc2)n1C. The van der Waals surface area contributed by atoms with Crippen molar-refractivity contribution in [3.05, 3.63) is 88.4 Å². The van der Waals surface area contributed by atoms with Gasteiger partial charge < -0.3 is 5.32 Å². The van der Waals surface area contributed by atoms with Crippen LogP contribution in [0.2, 0.25) is 0 Å². The number of hydrogen-bond donors (Lipinski definition) is 1. The number of allylic oxidation sites excluding steroid dienone is 1. The molecule has 3 rings (SSSR count). The maximum atomic E-state index is 13.4. The summed E-state index contributed by atoms with van der Waals surface area (Å²) in [5.41, 5.74) is -0.860. The fourth-order valence-electron chi connectivity index (χ4n) is 2.95. The molecule has 5 nitrogen and oxygen atoms in total. The first-order chi connectivity index (χ1) is 13.7. The zero-order valence-electron chi connectivity index (χ0n) is 15.7. The summed E-state index contributed by atoms with van der Waals surface area (Å²) in [5.74, 6) is -1.04. The third-order valence-electron chi connectivity index (χ3n) is 4.47. The Hall–Kier alpha value is -3.55. The third kappa shape index (κ3) is 4.16. The van der Waals surface area contributed by atoms with E-state index in [1.165, 1.54) is 33.6 Å². The maximum Gasteiger partial charge on any atom is 0.417 e. The van der Waals surface area contributed by atoms with Crippen LogP contribution in [-0.4, -0.2) is 21.4 Å². The van der Waals surface area contributed by atoms with Crippen molar-refractivity contribution in [1.82, 2.24) is 9.36 Å². The summed E-state index contributed by atoms with van der Waals surface area (Å²) in [6, 6.07) is 15.7.